The standard InChI is InChI=1S/C14H21N3O3S/c1-11-5-7-12(8-6-11)17-21(19,20)10-14(18)16-13-4-2-3-9-15-13/h2-4,9,11-12,17H,5-8,10H2,1H3,(H,15,16,18). The number of amides is 1. The van der Waals surface area contributed by atoms with Gasteiger partial charge in [0.2, 0.25) is 15.9 Å². The summed E-state index contributed by atoms with van der Waals surface area (Å²) >= 11 is 0. The van der Waals surface area contributed by atoms with E-state index in [0.29, 0.717) is 11.7 Å². The Balaban J connectivity index is 1.84. The first-order chi connectivity index (χ1) is 9.94. The molecular formula is C14H21N3O3S. The van der Waals surface area contributed by atoms with Crippen molar-refractivity contribution < 1.29 is 13.2 Å². The van der Waals surface area contributed by atoms with E-state index >= 15 is 0 Å². The van der Waals surface area contributed by atoms with Gasteiger partial charge in [-0.15, -0.1) is 0 Å². The van der Waals surface area contributed by atoms with Gasteiger partial charge in [0.05, 0.1) is 0 Å². The highest BCUT2D eigenvalue weighted by molar-refractivity contribution is 7.90. The van der Waals surface area contributed by atoms with Crippen molar-refractivity contribution in [2.24, 2.45) is 5.92 Å². The molecule has 1 aromatic heterocycles. The zero-order valence-electron chi connectivity index (χ0n) is 12.1. The summed E-state index contributed by atoms with van der Waals surface area (Å²) in [6.07, 6.45) is 5.25. The maximum absolute atomic E-state index is 12.0. The Hall–Kier alpha value is -1.47. The lowest BCUT2D eigenvalue weighted by atomic mass is 9.88. The molecule has 2 rings (SSSR count). The van der Waals surface area contributed by atoms with E-state index in [9.17, 15) is 13.2 Å². The highest BCUT2D eigenvalue weighted by Gasteiger charge is 2.24. The molecule has 0 bridgehead atoms. The summed E-state index contributed by atoms with van der Waals surface area (Å²) < 4.78 is 26.6. The van der Waals surface area contributed by atoms with Crippen LogP contribution < -0.4 is 10.0 Å². The van der Waals surface area contributed by atoms with Crippen molar-refractivity contribution in [2.75, 3.05) is 11.1 Å². The number of aromatic nitrogens is 1. The van der Waals surface area contributed by atoms with Crippen molar-refractivity contribution >= 4 is 21.7 Å². The number of carbonyl (C=O) groups is 1. The number of anilines is 1. The summed E-state index contributed by atoms with van der Waals surface area (Å²) in [5.74, 6) is -0.150. The van der Waals surface area contributed by atoms with Gasteiger partial charge in [0.1, 0.15) is 11.6 Å². The van der Waals surface area contributed by atoms with Crippen LogP contribution in [0.2, 0.25) is 0 Å². The number of carbonyl (C=O) groups excluding carboxylic acids is 1. The molecule has 0 unspecified atom stereocenters. The third kappa shape index (κ3) is 5.43. The normalized spacial score (nSPS) is 22.7. The first kappa shape index (κ1) is 15.9. The number of rotatable bonds is 5. The number of pyridine rings is 1. The Morgan fingerprint density at radius 2 is 2.00 bits per heavy atom. The second-order valence-electron chi connectivity index (χ2n) is 5.60. The average Bonchev–Trinajstić information content (AvgIpc) is 2.41. The van der Waals surface area contributed by atoms with Crippen LogP contribution in [0.15, 0.2) is 24.4 Å². The molecule has 0 atom stereocenters. The molecule has 1 amide bonds. The minimum Gasteiger partial charge on any atom is -0.310 e. The van der Waals surface area contributed by atoms with E-state index in [1.54, 1.807) is 18.2 Å². The SMILES string of the molecule is CC1CCC(NS(=O)(=O)CC(=O)Nc2ccccn2)CC1. The molecule has 6 nitrogen and oxygen atoms in total. The second-order valence-corrected chi connectivity index (χ2v) is 7.35. The fourth-order valence-electron chi connectivity index (χ4n) is 2.46. The van der Waals surface area contributed by atoms with Gasteiger partial charge in [-0.05, 0) is 43.7 Å². The maximum Gasteiger partial charge on any atom is 0.242 e. The molecule has 0 radical (unpaired) electrons. The number of sulfonamides is 1. The van der Waals surface area contributed by atoms with Gasteiger partial charge in [-0.3, -0.25) is 4.79 Å². The van der Waals surface area contributed by atoms with Crippen molar-refractivity contribution in [3.8, 4) is 0 Å². The fourth-order valence-corrected chi connectivity index (χ4v) is 3.71. The lowest BCUT2D eigenvalue weighted by Gasteiger charge is -2.26. The van der Waals surface area contributed by atoms with E-state index in [2.05, 4.69) is 21.9 Å². The monoisotopic (exact) mass is 311 g/mol. The van der Waals surface area contributed by atoms with Crippen LogP contribution in [-0.2, 0) is 14.8 Å². The van der Waals surface area contributed by atoms with Crippen molar-refractivity contribution in [3.05, 3.63) is 24.4 Å². The number of nitrogens with one attached hydrogen (secondary N) is 2. The van der Waals surface area contributed by atoms with E-state index in [1.165, 1.54) is 6.20 Å². The molecule has 0 spiro atoms. The quantitative estimate of drug-likeness (QED) is 0.863. The summed E-state index contributed by atoms with van der Waals surface area (Å²) in [7, 11) is -3.61. The molecule has 2 N–H and O–H groups in total. The van der Waals surface area contributed by atoms with Crippen LogP contribution in [0.25, 0.3) is 0 Å². The highest BCUT2D eigenvalue weighted by atomic mass is 32.2. The van der Waals surface area contributed by atoms with Gasteiger partial charge in [0, 0.05) is 12.2 Å². The zero-order chi connectivity index (χ0) is 15.3. The lowest BCUT2D eigenvalue weighted by Crippen LogP contribution is -2.41. The van der Waals surface area contributed by atoms with Gasteiger partial charge in [-0.25, -0.2) is 18.1 Å². The Morgan fingerprint density at radius 1 is 1.29 bits per heavy atom. The minimum atomic E-state index is -3.61. The molecule has 1 aliphatic rings. The molecule has 0 saturated heterocycles. The Morgan fingerprint density at radius 3 is 2.62 bits per heavy atom. The van der Waals surface area contributed by atoms with Crippen molar-refractivity contribution in [1.82, 2.24) is 9.71 Å². The van der Waals surface area contributed by atoms with Crippen LogP contribution in [0, 0.1) is 5.92 Å². The summed E-state index contributed by atoms with van der Waals surface area (Å²) in [5.41, 5.74) is 0. The summed E-state index contributed by atoms with van der Waals surface area (Å²) in [5, 5.41) is 2.47. The van der Waals surface area contributed by atoms with Gasteiger partial charge < -0.3 is 5.32 Å². The topological polar surface area (TPSA) is 88.2 Å². The molecule has 1 aliphatic carbocycles. The molecule has 7 heteroatoms. The van der Waals surface area contributed by atoms with E-state index in [1.807, 2.05) is 0 Å². The molecule has 21 heavy (non-hydrogen) atoms. The third-order valence-corrected chi connectivity index (χ3v) is 4.95. The van der Waals surface area contributed by atoms with Crippen molar-refractivity contribution in [3.63, 3.8) is 0 Å². The highest BCUT2D eigenvalue weighted by Crippen LogP contribution is 2.23. The van der Waals surface area contributed by atoms with Crippen LogP contribution >= 0.6 is 0 Å². The second kappa shape index (κ2) is 7.00. The van der Waals surface area contributed by atoms with E-state index < -0.39 is 21.7 Å². The molecular weight excluding hydrogens is 290 g/mol. The minimum absolute atomic E-state index is 0.0474. The zero-order valence-corrected chi connectivity index (χ0v) is 12.9. The van der Waals surface area contributed by atoms with Gasteiger partial charge >= 0.3 is 0 Å². The summed E-state index contributed by atoms with van der Waals surface area (Å²) in [4.78, 5) is 15.7. The van der Waals surface area contributed by atoms with Gasteiger partial charge in [-0.1, -0.05) is 13.0 Å². The Kier molecular flexibility index (Phi) is 5.30. The molecule has 1 fully saturated rings. The molecule has 1 saturated carbocycles. The average molecular weight is 311 g/mol. The first-order valence-electron chi connectivity index (χ1n) is 7.15. The van der Waals surface area contributed by atoms with Crippen LogP contribution in [0.3, 0.4) is 0 Å². The van der Waals surface area contributed by atoms with E-state index in [-0.39, 0.29) is 6.04 Å². The van der Waals surface area contributed by atoms with E-state index in [4.69, 9.17) is 0 Å². The molecule has 1 heterocycles. The maximum atomic E-state index is 12.0. The molecule has 116 valence electrons. The van der Waals surface area contributed by atoms with Crippen LogP contribution in [0.5, 0.6) is 0 Å². The number of hydrogen-bond acceptors (Lipinski definition) is 4. The van der Waals surface area contributed by atoms with Gasteiger partial charge in [0.15, 0.2) is 0 Å². The lowest BCUT2D eigenvalue weighted by molar-refractivity contribution is -0.113. The van der Waals surface area contributed by atoms with Crippen LogP contribution in [0.1, 0.15) is 32.6 Å². The predicted octanol–water partition coefficient (Wildman–Crippen LogP) is 1.52. The van der Waals surface area contributed by atoms with Gasteiger partial charge in [0.25, 0.3) is 0 Å². The predicted molar refractivity (Wildman–Crippen MR) is 81.2 cm³/mol. The van der Waals surface area contributed by atoms with Crippen molar-refractivity contribution in [1.29, 1.82) is 0 Å². The fraction of sp³-hybridized carbons (Fsp3) is 0.571. The van der Waals surface area contributed by atoms with Crippen molar-refractivity contribution in [2.45, 2.75) is 38.6 Å². The smallest absolute Gasteiger partial charge is 0.242 e. The molecule has 1 aromatic rings. The number of nitrogens with zero attached hydrogens (tertiary/aromatic N) is 1. The van der Waals surface area contributed by atoms with E-state index in [0.717, 1.165) is 25.7 Å². The molecule has 0 aromatic carbocycles. The molecule has 0 aliphatic heterocycles. The van der Waals surface area contributed by atoms with Crippen LogP contribution in [0.4, 0.5) is 5.82 Å². The Bertz CT molecular complexity index is 566. The Labute approximate surface area is 125 Å². The first-order valence-corrected chi connectivity index (χ1v) is 8.81. The van der Waals surface area contributed by atoms with Gasteiger partial charge in [-0.2, -0.15) is 0 Å². The third-order valence-electron chi connectivity index (χ3n) is 3.62. The largest absolute Gasteiger partial charge is 0.310 e. The van der Waals surface area contributed by atoms with Crippen LogP contribution in [-0.4, -0.2) is 31.1 Å². The number of hydrogen-bond donors (Lipinski definition) is 2. The summed E-state index contributed by atoms with van der Waals surface area (Å²) in [6.45, 7) is 2.17. The summed E-state index contributed by atoms with van der Waals surface area (Å²) in [6, 6.07) is 5.01.